The van der Waals surface area contributed by atoms with Crippen molar-refractivity contribution in [3.05, 3.63) is 83.9 Å². The molecule has 0 aliphatic carbocycles. The van der Waals surface area contributed by atoms with E-state index < -0.39 is 6.10 Å². The van der Waals surface area contributed by atoms with Crippen molar-refractivity contribution >= 4 is 0 Å². The van der Waals surface area contributed by atoms with Gasteiger partial charge in [-0.2, -0.15) is 0 Å². The first-order chi connectivity index (χ1) is 13.3. The van der Waals surface area contributed by atoms with E-state index in [4.69, 9.17) is 9.47 Å². The van der Waals surface area contributed by atoms with Gasteiger partial charge in [0.2, 0.25) is 0 Å². The molecule has 27 heavy (non-hydrogen) atoms. The zero-order valence-electron chi connectivity index (χ0n) is 15.5. The van der Waals surface area contributed by atoms with Gasteiger partial charge in [0.25, 0.3) is 0 Å². The maximum atomic E-state index is 10.9. The highest BCUT2D eigenvalue weighted by Crippen LogP contribution is 2.32. The number of aliphatic hydroxyl groups excluding tert-OH is 1. The molecule has 4 rings (SSSR count). The third-order valence-corrected chi connectivity index (χ3v) is 5.45. The van der Waals surface area contributed by atoms with Crippen LogP contribution in [-0.4, -0.2) is 47.4 Å². The predicted octanol–water partition coefficient (Wildman–Crippen LogP) is 3.16. The van der Waals surface area contributed by atoms with Crippen LogP contribution in [0.4, 0.5) is 0 Å². The normalized spacial score (nSPS) is 27.6. The number of nitrogens with zero attached hydrogens (tertiary/aromatic N) is 1. The van der Waals surface area contributed by atoms with Crippen molar-refractivity contribution in [1.29, 1.82) is 0 Å². The molecule has 1 N–H and O–H groups in total. The molecule has 0 radical (unpaired) electrons. The number of rotatable bonds is 7. The smallest absolute Gasteiger partial charge is 0.103 e. The molecule has 2 aromatic rings. The largest absolute Gasteiger partial charge is 0.388 e. The summed E-state index contributed by atoms with van der Waals surface area (Å²) < 4.78 is 12.2. The molecule has 4 atom stereocenters. The van der Waals surface area contributed by atoms with Gasteiger partial charge in [-0.1, -0.05) is 72.8 Å². The van der Waals surface area contributed by atoms with E-state index in [2.05, 4.69) is 41.3 Å². The summed E-state index contributed by atoms with van der Waals surface area (Å²) in [7, 11) is 0. The van der Waals surface area contributed by atoms with E-state index in [1.807, 2.05) is 36.4 Å². The summed E-state index contributed by atoms with van der Waals surface area (Å²) in [6.07, 6.45) is 4.49. The van der Waals surface area contributed by atoms with E-state index in [0.717, 1.165) is 24.1 Å². The first-order valence-electron chi connectivity index (χ1n) is 9.70. The Hall–Kier alpha value is -1.98. The quantitative estimate of drug-likeness (QED) is 0.766. The summed E-state index contributed by atoms with van der Waals surface area (Å²) in [4.78, 5) is 2.34. The van der Waals surface area contributed by atoms with Gasteiger partial charge in [-0.15, -0.1) is 0 Å². The van der Waals surface area contributed by atoms with E-state index in [9.17, 15) is 5.11 Å². The van der Waals surface area contributed by atoms with Crippen LogP contribution in [0.2, 0.25) is 0 Å². The molecule has 2 aromatic carbocycles. The number of hydrogen-bond donors (Lipinski definition) is 1. The van der Waals surface area contributed by atoms with Gasteiger partial charge in [-0.25, -0.2) is 0 Å². The lowest BCUT2D eigenvalue weighted by Crippen LogP contribution is -2.43. The number of fused-ring (bicyclic) bond motifs is 1. The van der Waals surface area contributed by atoms with Crippen LogP contribution in [-0.2, 0) is 22.7 Å². The Morgan fingerprint density at radius 3 is 2.30 bits per heavy atom. The molecule has 2 aliphatic heterocycles. The van der Waals surface area contributed by atoms with Gasteiger partial charge >= 0.3 is 0 Å². The van der Waals surface area contributed by atoms with Crippen LogP contribution in [0.1, 0.15) is 17.5 Å². The SMILES string of the molecule is O[C@@H]1[C@H](OCc2ccccc2)[C@H](COCc2ccccc2)N2CCC=C[C@@H]12. The molecule has 4 heteroatoms. The van der Waals surface area contributed by atoms with Crippen LogP contribution in [0.25, 0.3) is 0 Å². The molecule has 1 fully saturated rings. The summed E-state index contributed by atoms with van der Waals surface area (Å²) in [6, 6.07) is 20.4. The summed E-state index contributed by atoms with van der Waals surface area (Å²) in [6.45, 7) is 2.56. The highest BCUT2D eigenvalue weighted by atomic mass is 16.5. The van der Waals surface area contributed by atoms with Gasteiger partial charge in [0.1, 0.15) is 12.2 Å². The zero-order chi connectivity index (χ0) is 18.5. The minimum absolute atomic E-state index is 0.0184. The average Bonchev–Trinajstić information content (AvgIpc) is 3.00. The number of aliphatic hydroxyl groups is 1. The van der Waals surface area contributed by atoms with Crippen LogP contribution in [0.3, 0.4) is 0 Å². The van der Waals surface area contributed by atoms with Crippen molar-refractivity contribution in [2.24, 2.45) is 0 Å². The van der Waals surface area contributed by atoms with E-state index in [1.54, 1.807) is 0 Å². The first-order valence-corrected chi connectivity index (χ1v) is 9.70. The second-order valence-electron chi connectivity index (χ2n) is 7.27. The van der Waals surface area contributed by atoms with Crippen LogP contribution < -0.4 is 0 Å². The van der Waals surface area contributed by atoms with Gasteiger partial charge in [0.15, 0.2) is 0 Å². The highest BCUT2D eigenvalue weighted by molar-refractivity contribution is 5.16. The van der Waals surface area contributed by atoms with Crippen LogP contribution in [0.5, 0.6) is 0 Å². The Kier molecular flexibility index (Phi) is 6.00. The third-order valence-electron chi connectivity index (χ3n) is 5.45. The molecule has 0 saturated carbocycles. The molecule has 2 heterocycles. The first kappa shape index (κ1) is 18.4. The van der Waals surface area contributed by atoms with E-state index in [-0.39, 0.29) is 18.2 Å². The van der Waals surface area contributed by atoms with Gasteiger partial charge in [-0.05, 0) is 17.5 Å². The second-order valence-corrected chi connectivity index (χ2v) is 7.27. The Morgan fingerprint density at radius 1 is 0.926 bits per heavy atom. The molecule has 1 saturated heterocycles. The minimum atomic E-state index is -0.532. The molecular formula is C23H27NO3. The van der Waals surface area contributed by atoms with Crippen molar-refractivity contribution in [2.45, 2.75) is 43.9 Å². The van der Waals surface area contributed by atoms with E-state index in [0.29, 0.717) is 19.8 Å². The summed E-state index contributed by atoms with van der Waals surface area (Å²) in [5, 5.41) is 10.9. The van der Waals surface area contributed by atoms with Crippen LogP contribution in [0.15, 0.2) is 72.8 Å². The molecule has 0 unspecified atom stereocenters. The molecular weight excluding hydrogens is 338 g/mol. The van der Waals surface area contributed by atoms with E-state index >= 15 is 0 Å². The van der Waals surface area contributed by atoms with E-state index in [1.165, 1.54) is 0 Å². The van der Waals surface area contributed by atoms with Crippen molar-refractivity contribution in [1.82, 2.24) is 4.90 Å². The Balaban J connectivity index is 1.42. The third kappa shape index (κ3) is 4.30. The standard InChI is InChI=1S/C23H27NO3/c25-22-20-13-7-8-14-24(20)21(17-26-15-18-9-3-1-4-10-18)23(22)27-16-19-11-5-2-6-12-19/h1-7,9-13,20-23,25H,8,14-17H2/t20-,21-,22-,23+/m0/s1. The molecule has 0 aromatic heterocycles. The number of ether oxygens (including phenoxy) is 2. The molecule has 0 spiro atoms. The Labute approximate surface area is 161 Å². The van der Waals surface area contributed by atoms with Crippen molar-refractivity contribution in [2.75, 3.05) is 13.2 Å². The van der Waals surface area contributed by atoms with Gasteiger partial charge in [0, 0.05) is 6.54 Å². The average molecular weight is 365 g/mol. The lowest BCUT2D eigenvalue weighted by atomic mass is 10.1. The summed E-state index contributed by atoms with van der Waals surface area (Å²) in [5.41, 5.74) is 2.28. The number of hydrogen-bond acceptors (Lipinski definition) is 4. The topological polar surface area (TPSA) is 41.9 Å². The van der Waals surface area contributed by atoms with Crippen LogP contribution in [0, 0.1) is 0 Å². The fourth-order valence-corrected chi connectivity index (χ4v) is 4.07. The monoisotopic (exact) mass is 365 g/mol. The molecule has 4 nitrogen and oxygen atoms in total. The maximum absolute atomic E-state index is 10.9. The van der Waals surface area contributed by atoms with Crippen molar-refractivity contribution in [3.8, 4) is 0 Å². The lowest BCUT2D eigenvalue weighted by molar-refractivity contribution is -0.0560. The fraction of sp³-hybridized carbons (Fsp3) is 0.391. The maximum Gasteiger partial charge on any atom is 0.103 e. The van der Waals surface area contributed by atoms with Gasteiger partial charge in [0.05, 0.1) is 31.9 Å². The summed E-state index contributed by atoms with van der Waals surface area (Å²) in [5.74, 6) is 0. The second kappa shape index (κ2) is 8.81. The molecule has 0 amide bonds. The van der Waals surface area contributed by atoms with Crippen molar-refractivity contribution < 1.29 is 14.6 Å². The van der Waals surface area contributed by atoms with Crippen molar-refractivity contribution in [3.63, 3.8) is 0 Å². The lowest BCUT2D eigenvalue weighted by Gasteiger charge is -2.31. The van der Waals surface area contributed by atoms with Crippen LogP contribution >= 0.6 is 0 Å². The number of benzene rings is 2. The predicted molar refractivity (Wildman–Crippen MR) is 105 cm³/mol. The van der Waals surface area contributed by atoms with Gasteiger partial charge < -0.3 is 14.6 Å². The molecule has 0 bridgehead atoms. The minimum Gasteiger partial charge on any atom is -0.388 e. The fourth-order valence-electron chi connectivity index (χ4n) is 4.07. The Bertz CT molecular complexity index is 734. The molecule has 2 aliphatic rings. The van der Waals surface area contributed by atoms with Gasteiger partial charge in [-0.3, -0.25) is 4.90 Å². The Morgan fingerprint density at radius 2 is 1.59 bits per heavy atom. The summed E-state index contributed by atoms with van der Waals surface area (Å²) >= 11 is 0. The highest BCUT2D eigenvalue weighted by Gasteiger charge is 2.48. The zero-order valence-corrected chi connectivity index (χ0v) is 15.5. The molecule has 142 valence electrons.